The second-order valence-electron chi connectivity index (χ2n) is 4.67. The lowest BCUT2D eigenvalue weighted by Crippen LogP contribution is -2.26. The predicted molar refractivity (Wildman–Crippen MR) is 93.5 cm³/mol. The Balaban J connectivity index is 1.95. The maximum atomic E-state index is 12.2. The summed E-state index contributed by atoms with van der Waals surface area (Å²) in [5.41, 5.74) is 1.02. The molecule has 1 aromatic heterocycles. The van der Waals surface area contributed by atoms with Crippen molar-refractivity contribution in [2.75, 3.05) is 13.2 Å². The standard InChI is InChI=1S/C15H16BrClN2O3S/c1-2-22-12-5-3-11(4-6-12)7-8-19-23(20,21)13-9-14(16)15(17)18-10-13/h3-6,9-10,19H,2,7-8H2,1H3. The van der Waals surface area contributed by atoms with E-state index in [1.54, 1.807) is 0 Å². The SMILES string of the molecule is CCOc1ccc(CCNS(=O)(=O)c2cnc(Cl)c(Br)c2)cc1. The molecule has 0 aliphatic carbocycles. The van der Waals surface area contributed by atoms with Crippen molar-refractivity contribution < 1.29 is 13.2 Å². The first-order valence-electron chi connectivity index (χ1n) is 6.95. The molecule has 0 atom stereocenters. The van der Waals surface area contributed by atoms with Gasteiger partial charge in [-0.05, 0) is 53.0 Å². The third-order valence-electron chi connectivity index (χ3n) is 3.02. The van der Waals surface area contributed by atoms with Gasteiger partial charge in [0, 0.05) is 12.7 Å². The molecule has 0 saturated heterocycles. The molecule has 1 aromatic carbocycles. The number of halogens is 2. The van der Waals surface area contributed by atoms with E-state index in [2.05, 4.69) is 25.6 Å². The Morgan fingerprint density at radius 2 is 2.00 bits per heavy atom. The van der Waals surface area contributed by atoms with E-state index in [0.29, 0.717) is 17.5 Å². The molecular weight excluding hydrogens is 404 g/mol. The molecule has 0 fully saturated rings. The van der Waals surface area contributed by atoms with Crippen molar-refractivity contribution in [2.45, 2.75) is 18.2 Å². The van der Waals surface area contributed by atoms with E-state index < -0.39 is 10.0 Å². The maximum Gasteiger partial charge on any atom is 0.242 e. The van der Waals surface area contributed by atoms with Gasteiger partial charge in [0.25, 0.3) is 0 Å². The summed E-state index contributed by atoms with van der Waals surface area (Å²) >= 11 is 8.93. The van der Waals surface area contributed by atoms with Gasteiger partial charge in [-0.1, -0.05) is 23.7 Å². The van der Waals surface area contributed by atoms with Crippen molar-refractivity contribution >= 4 is 37.6 Å². The van der Waals surface area contributed by atoms with Crippen LogP contribution in [0.5, 0.6) is 5.75 Å². The Morgan fingerprint density at radius 1 is 1.30 bits per heavy atom. The van der Waals surface area contributed by atoms with Gasteiger partial charge in [-0.2, -0.15) is 0 Å². The molecule has 0 spiro atoms. The Morgan fingerprint density at radius 3 is 2.61 bits per heavy atom. The number of ether oxygens (including phenoxy) is 1. The number of aromatic nitrogens is 1. The largest absolute Gasteiger partial charge is 0.494 e. The van der Waals surface area contributed by atoms with E-state index in [1.165, 1.54) is 12.3 Å². The van der Waals surface area contributed by atoms with Crippen molar-refractivity contribution in [2.24, 2.45) is 0 Å². The zero-order valence-corrected chi connectivity index (χ0v) is 15.6. The van der Waals surface area contributed by atoms with Crippen LogP contribution in [0.1, 0.15) is 12.5 Å². The van der Waals surface area contributed by atoms with E-state index in [1.807, 2.05) is 31.2 Å². The van der Waals surface area contributed by atoms with Crippen LogP contribution < -0.4 is 9.46 Å². The lowest BCUT2D eigenvalue weighted by atomic mass is 10.1. The van der Waals surface area contributed by atoms with E-state index in [4.69, 9.17) is 16.3 Å². The fourth-order valence-electron chi connectivity index (χ4n) is 1.88. The van der Waals surface area contributed by atoms with Crippen molar-refractivity contribution in [1.29, 1.82) is 0 Å². The zero-order valence-electron chi connectivity index (χ0n) is 12.4. The molecule has 124 valence electrons. The molecule has 8 heteroatoms. The Labute approximate surface area is 149 Å². The highest BCUT2D eigenvalue weighted by Crippen LogP contribution is 2.22. The molecule has 1 heterocycles. The molecule has 1 N–H and O–H groups in total. The smallest absolute Gasteiger partial charge is 0.242 e. The molecular formula is C15H16BrClN2O3S. The number of nitrogens with zero attached hydrogens (tertiary/aromatic N) is 1. The van der Waals surface area contributed by atoms with Gasteiger partial charge in [0.05, 0.1) is 11.1 Å². The number of nitrogens with one attached hydrogen (secondary N) is 1. The average Bonchev–Trinajstić information content (AvgIpc) is 2.52. The van der Waals surface area contributed by atoms with E-state index in [0.717, 1.165) is 11.3 Å². The summed E-state index contributed by atoms with van der Waals surface area (Å²) < 4.78 is 32.7. The summed E-state index contributed by atoms with van der Waals surface area (Å²) in [6, 6.07) is 9.00. The summed E-state index contributed by atoms with van der Waals surface area (Å²) in [5.74, 6) is 0.800. The number of rotatable bonds is 7. The molecule has 0 bridgehead atoms. The molecule has 0 amide bonds. The van der Waals surface area contributed by atoms with Crippen LogP contribution in [0.25, 0.3) is 0 Å². The molecule has 0 aliphatic heterocycles. The van der Waals surface area contributed by atoms with Gasteiger partial charge in [0.2, 0.25) is 10.0 Å². The van der Waals surface area contributed by atoms with Crippen LogP contribution in [0.3, 0.4) is 0 Å². The van der Waals surface area contributed by atoms with Crippen LogP contribution in [0.2, 0.25) is 5.15 Å². The molecule has 0 saturated carbocycles. The summed E-state index contributed by atoms with van der Waals surface area (Å²) in [5, 5.41) is 0.221. The Kier molecular flexibility index (Phi) is 6.41. The quantitative estimate of drug-likeness (QED) is 0.698. The normalized spacial score (nSPS) is 11.4. The fraction of sp³-hybridized carbons (Fsp3) is 0.267. The van der Waals surface area contributed by atoms with Crippen LogP contribution in [0, 0.1) is 0 Å². The first kappa shape index (κ1) is 18.2. The van der Waals surface area contributed by atoms with Gasteiger partial charge < -0.3 is 4.74 Å². The number of hydrogen-bond acceptors (Lipinski definition) is 4. The van der Waals surface area contributed by atoms with Crippen LogP contribution in [0.15, 0.2) is 45.9 Å². The summed E-state index contributed by atoms with van der Waals surface area (Å²) in [6.07, 6.45) is 1.81. The Bertz CT molecular complexity index is 767. The number of benzene rings is 1. The first-order chi connectivity index (χ1) is 10.9. The van der Waals surface area contributed by atoms with E-state index in [-0.39, 0.29) is 16.6 Å². The zero-order chi connectivity index (χ0) is 16.9. The van der Waals surface area contributed by atoms with Gasteiger partial charge in [-0.25, -0.2) is 18.1 Å². The topological polar surface area (TPSA) is 68.3 Å². The van der Waals surface area contributed by atoms with E-state index in [9.17, 15) is 8.42 Å². The number of hydrogen-bond donors (Lipinski definition) is 1. The molecule has 0 unspecified atom stereocenters. The number of sulfonamides is 1. The third kappa shape index (κ3) is 5.17. The van der Waals surface area contributed by atoms with Crippen LogP contribution in [-0.2, 0) is 16.4 Å². The molecule has 0 aliphatic rings. The van der Waals surface area contributed by atoms with Gasteiger partial charge in [-0.15, -0.1) is 0 Å². The lowest BCUT2D eigenvalue weighted by molar-refractivity contribution is 0.340. The molecule has 5 nitrogen and oxygen atoms in total. The van der Waals surface area contributed by atoms with Crippen LogP contribution in [0.4, 0.5) is 0 Å². The summed E-state index contributed by atoms with van der Waals surface area (Å²) in [4.78, 5) is 3.89. The second-order valence-corrected chi connectivity index (χ2v) is 7.65. The molecule has 0 radical (unpaired) electrons. The summed E-state index contributed by atoms with van der Waals surface area (Å²) in [7, 11) is -3.61. The average molecular weight is 420 g/mol. The highest BCUT2D eigenvalue weighted by atomic mass is 79.9. The highest BCUT2D eigenvalue weighted by molar-refractivity contribution is 9.10. The van der Waals surface area contributed by atoms with Gasteiger partial charge >= 0.3 is 0 Å². The van der Waals surface area contributed by atoms with Crippen LogP contribution >= 0.6 is 27.5 Å². The van der Waals surface area contributed by atoms with Crippen molar-refractivity contribution in [3.05, 3.63) is 51.7 Å². The minimum atomic E-state index is -3.61. The summed E-state index contributed by atoms with van der Waals surface area (Å²) in [6.45, 7) is 2.83. The second kappa shape index (κ2) is 8.10. The molecule has 2 rings (SSSR count). The third-order valence-corrected chi connectivity index (χ3v) is 5.58. The van der Waals surface area contributed by atoms with Gasteiger partial charge in [0.1, 0.15) is 15.8 Å². The van der Waals surface area contributed by atoms with E-state index >= 15 is 0 Å². The van der Waals surface area contributed by atoms with Crippen molar-refractivity contribution in [3.8, 4) is 5.75 Å². The minimum Gasteiger partial charge on any atom is -0.494 e. The minimum absolute atomic E-state index is 0.0699. The molecule has 23 heavy (non-hydrogen) atoms. The number of pyridine rings is 1. The van der Waals surface area contributed by atoms with Crippen molar-refractivity contribution in [3.63, 3.8) is 0 Å². The highest BCUT2D eigenvalue weighted by Gasteiger charge is 2.15. The maximum absolute atomic E-state index is 12.2. The molecule has 2 aromatic rings. The predicted octanol–water partition coefficient (Wildman–Crippen LogP) is 3.42. The van der Waals surface area contributed by atoms with Crippen LogP contribution in [-0.4, -0.2) is 26.6 Å². The first-order valence-corrected chi connectivity index (χ1v) is 9.60. The van der Waals surface area contributed by atoms with Gasteiger partial charge in [-0.3, -0.25) is 0 Å². The monoisotopic (exact) mass is 418 g/mol. The fourth-order valence-corrected chi connectivity index (χ4v) is 3.49. The Hall–Kier alpha value is -1.15. The van der Waals surface area contributed by atoms with Crippen molar-refractivity contribution in [1.82, 2.24) is 9.71 Å². The lowest BCUT2D eigenvalue weighted by Gasteiger charge is -2.08. The van der Waals surface area contributed by atoms with Gasteiger partial charge in [0.15, 0.2) is 0 Å².